The molecule has 12 heteroatoms. The Hall–Kier alpha value is -4.58. The maximum Gasteiger partial charge on any atom is 0.262 e. The van der Waals surface area contributed by atoms with E-state index in [1.165, 1.54) is 6.92 Å². The van der Waals surface area contributed by atoms with Gasteiger partial charge in [0.05, 0.1) is 11.4 Å². The number of nitrogens with zero attached hydrogens (tertiary/aromatic N) is 6. The van der Waals surface area contributed by atoms with Crippen LogP contribution in [0.2, 0.25) is 0 Å². The predicted molar refractivity (Wildman–Crippen MR) is 137 cm³/mol. The molecule has 188 valence electrons. The van der Waals surface area contributed by atoms with E-state index in [-0.39, 0.29) is 18.1 Å². The molecule has 0 fully saturated rings. The average molecular weight is 500 g/mol. The zero-order valence-corrected chi connectivity index (χ0v) is 20.5. The van der Waals surface area contributed by atoms with Gasteiger partial charge < -0.3 is 26.4 Å². The minimum Gasteiger partial charge on any atom is -0.383 e. The Bertz CT molecular complexity index is 1630. The van der Waals surface area contributed by atoms with Crippen molar-refractivity contribution in [2.45, 2.75) is 32.4 Å². The fraction of sp³-hybridized carbons (Fsp3) is 0.280. The lowest BCUT2D eigenvalue weighted by atomic mass is 9.98. The van der Waals surface area contributed by atoms with Crippen LogP contribution >= 0.6 is 0 Å². The van der Waals surface area contributed by atoms with Crippen LogP contribution in [-0.2, 0) is 28.2 Å². The molecule has 0 aliphatic carbocycles. The molecule has 0 spiro atoms. The van der Waals surface area contributed by atoms with Crippen LogP contribution in [-0.4, -0.2) is 60.1 Å². The van der Waals surface area contributed by atoms with E-state index in [1.54, 1.807) is 29.0 Å². The Morgan fingerprint density at radius 3 is 2.78 bits per heavy atom. The summed E-state index contributed by atoms with van der Waals surface area (Å²) in [7, 11) is 1.79. The van der Waals surface area contributed by atoms with Crippen LogP contribution in [0.1, 0.15) is 23.9 Å². The molecule has 0 unspecified atom stereocenters. The number of carbonyl (C=O) groups excluding carboxylic acids is 2. The second-order valence-electron chi connectivity index (χ2n) is 9.60. The van der Waals surface area contributed by atoms with Gasteiger partial charge in [0.1, 0.15) is 23.9 Å². The van der Waals surface area contributed by atoms with Gasteiger partial charge in [-0.05, 0) is 36.9 Å². The van der Waals surface area contributed by atoms with Crippen molar-refractivity contribution >= 4 is 45.7 Å². The van der Waals surface area contributed by atoms with Gasteiger partial charge in [-0.1, -0.05) is 0 Å². The third-order valence-electron chi connectivity index (χ3n) is 7.03. The van der Waals surface area contributed by atoms with Gasteiger partial charge in [0, 0.05) is 55.1 Å². The standard InChI is InChI=1S/C25H25N9O3/c1-12-15(9-28-22-21(12)31-24(36)25(22,2)37)17-6-13-7-18(27-10-16(13)23(26)29-17)30-19-8-14-4-5-33(3)20(35)11-34(14)32-19/h6-10,37H,4-5,11H2,1-3H3,(H2,26,29)(H,31,36)(H,27,30,32)/t25-/m1/s1. The topological polar surface area (TPSA) is 164 Å². The number of pyridine rings is 3. The zero-order valence-electron chi connectivity index (χ0n) is 20.5. The summed E-state index contributed by atoms with van der Waals surface area (Å²) < 4.78 is 1.72. The SMILES string of the molecule is Cc1c(-c2cc3cc(Nc4cc5n(n4)CC(=O)N(C)CC5)ncc3c(N)n2)cnc2c1NC(=O)[C@]2(C)O. The Kier molecular flexibility index (Phi) is 4.92. The lowest BCUT2D eigenvalue weighted by molar-refractivity contribution is -0.132. The molecule has 2 amide bonds. The fourth-order valence-corrected chi connectivity index (χ4v) is 4.75. The number of rotatable bonds is 3. The highest BCUT2D eigenvalue weighted by Crippen LogP contribution is 2.40. The Labute approximate surface area is 211 Å². The molecule has 5 N–H and O–H groups in total. The summed E-state index contributed by atoms with van der Waals surface area (Å²) in [6.45, 7) is 4.10. The summed E-state index contributed by atoms with van der Waals surface area (Å²) in [5, 5.41) is 22.4. The minimum absolute atomic E-state index is 0.0206. The van der Waals surface area contributed by atoms with E-state index in [9.17, 15) is 14.7 Å². The van der Waals surface area contributed by atoms with Crippen LogP contribution in [0.4, 0.5) is 23.1 Å². The number of likely N-dealkylation sites (N-methyl/N-ethyl adjacent to an activating group) is 1. The number of carbonyl (C=O) groups is 2. The summed E-state index contributed by atoms with van der Waals surface area (Å²) in [5.74, 6) is 0.970. The highest BCUT2D eigenvalue weighted by atomic mass is 16.3. The number of aliphatic hydroxyl groups is 1. The highest BCUT2D eigenvalue weighted by molar-refractivity contribution is 6.05. The summed E-state index contributed by atoms with van der Waals surface area (Å²) in [6.07, 6.45) is 3.96. The Balaban J connectivity index is 1.35. The molecule has 6 heterocycles. The van der Waals surface area contributed by atoms with Gasteiger partial charge in [0.2, 0.25) is 5.91 Å². The van der Waals surface area contributed by atoms with E-state index in [1.807, 2.05) is 25.1 Å². The van der Waals surface area contributed by atoms with E-state index in [0.717, 1.165) is 23.1 Å². The van der Waals surface area contributed by atoms with Gasteiger partial charge in [0.15, 0.2) is 11.4 Å². The van der Waals surface area contributed by atoms with Gasteiger partial charge in [0.25, 0.3) is 5.91 Å². The van der Waals surface area contributed by atoms with E-state index in [0.29, 0.717) is 46.3 Å². The van der Waals surface area contributed by atoms with Crippen molar-refractivity contribution in [3.05, 3.63) is 47.5 Å². The van der Waals surface area contributed by atoms with E-state index in [4.69, 9.17) is 5.73 Å². The molecular formula is C25H25N9O3. The quantitative estimate of drug-likeness (QED) is 0.328. The molecule has 2 aliphatic rings. The van der Waals surface area contributed by atoms with E-state index in [2.05, 4.69) is 30.7 Å². The molecule has 6 rings (SSSR count). The number of fused-ring (bicyclic) bond motifs is 3. The van der Waals surface area contributed by atoms with Gasteiger partial charge >= 0.3 is 0 Å². The Morgan fingerprint density at radius 1 is 1.16 bits per heavy atom. The second kappa shape index (κ2) is 7.96. The van der Waals surface area contributed by atoms with Gasteiger partial charge in [-0.2, -0.15) is 5.10 Å². The molecular weight excluding hydrogens is 474 g/mol. The molecule has 0 radical (unpaired) electrons. The number of hydrogen-bond acceptors (Lipinski definition) is 9. The molecule has 4 aromatic rings. The van der Waals surface area contributed by atoms with Crippen LogP contribution in [0.15, 0.2) is 30.6 Å². The number of nitrogens with one attached hydrogen (secondary N) is 2. The molecule has 0 saturated carbocycles. The smallest absolute Gasteiger partial charge is 0.262 e. The fourth-order valence-electron chi connectivity index (χ4n) is 4.75. The van der Waals surface area contributed by atoms with Crippen LogP contribution in [0.25, 0.3) is 22.0 Å². The van der Waals surface area contributed by atoms with Crippen LogP contribution in [0.3, 0.4) is 0 Å². The predicted octanol–water partition coefficient (Wildman–Crippen LogP) is 1.70. The van der Waals surface area contributed by atoms with Gasteiger partial charge in [-0.15, -0.1) is 0 Å². The maximum atomic E-state index is 12.2. The van der Waals surface area contributed by atoms with E-state index < -0.39 is 11.5 Å². The number of hydrogen-bond donors (Lipinski definition) is 4. The maximum absolute atomic E-state index is 12.2. The van der Waals surface area contributed by atoms with Crippen LogP contribution in [0, 0.1) is 6.92 Å². The molecule has 0 bridgehead atoms. The van der Waals surface area contributed by atoms with Crippen molar-refractivity contribution < 1.29 is 14.7 Å². The van der Waals surface area contributed by atoms with Gasteiger partial charge in [-0.25, -0.2) is 9.97 Å². The zero-order chi connectivity index (χ0) is 26.1. The summed E-state index contributed by atoms with van der Waals surface area (Å²) in [5.41, 5.74) is 8.33. The molecule has 1 atom stereocenters. The van der Waals surface area contributed by atoms with Crippen molar-refractivity contribution in [3.8, 4) is 11.3 Å². The molecule has 37 heavy (non-hydrogen) atoms. The number of anilines is 4. The highest BCUT2D eigenvalue weighted by Gasteiger charge is 2.43. The average Bonchev–Trinajstić information content (AvgIpc) is 3.29. The first kappa shape index (κ1) is 22.9. The van der Waals surface area contributed by atoms with Crippen molar-refractivity contribution in [2.75, 3.05) is 30.0 Å². The largest absolute Gasteiger partial charge is 0.383 e. The summed E-state index contributed by atoms with van der Waals surface area (Å²) in [6, 6.07) is 5.65. The van der Waals surface area contributed by atoms with Gasteiger partial charge in [-0.3, -0.25) is 19.3 Å². The summed E-state index contributed by atoms with van der Waals surface area (Å²) >= 11 is 0. The number of amides is 2. The van der Waals surface area contributed by atoms with Crippen molar-refractivity contribution in [2.24, 2.45) is 0 Å². The normalized spacial score (nSPS) is 19.0. The lowest BCUT2D eigenvalue weighted by Crippen LogP contribution is -2.30. The molecule has 12 nitrogen and oxygen atoms in total. The molecule has 0 saturated heterocycles. The second-order valence-corrected chi connectivity index (χ2v) is 9.60. The third kappa shape index (κ3) is 3.64. The first-order valence-electron chi connectivity index (χ1n) is 11.8. The lowest BCUT2D eigenvalue weighted by Gasteiger charge is -2.15. The monoisotopic (exact) mass is 499 g/mol. The van der Waals surface area contributed by atoms with Crippen molar-refractivity contribution in [1.82, 2.24) is 29.6 Å². The molecule has 2 aliphatic heterocycles. The molecule has 4 aromatic heterocycles. The van der Waals surface area contributed by atoms with E-state index >= 15 is 0 Å². The number of nitrogens with two attached hydrogens (primary N) is 1. The van der Waals surface area contributed by atoms with Crippen molar-refractivity contribution in [1.29, 1.82) is 0 Å². The third-order valence-corrected chi connectivity index (χ3v) is 7.03. The molecule has 0 aromatic carbocycles. The Morgan fingerprint density at radius 2 is 1.97 bits per heavy atom. The number of aromatic nitrogens is 5. The van der Waals surface area contributed by atoms with Crippen LogP contribution in [0.5, 0.6) is 0 Å². The van der Waals surface area contributed by atoms with Crippen LogP contribution < -0.4 is 16.4 Å². The first-order chi connectivity index (χ1) is 17.6. The summed E-state index contributed by atoms with van der Waals surface area (Å²) in [4.78, 5) is 39.5. The first-order valence-corrected chi connectivity index (χ1v) is 11.8. The van der Waals surface area contributed by atoms with Crippen molar-refractivity contribution in [3.63, 3.8) is 0 Å². The number of nitrogen functional groups attached to an aromatic ring is 1. The minimum atomic E-state index is -1.69.